The second-order valence-corrected chi connectivity index (χ2v) is 5.29. The molecule has 1 amide bonds. The number of benzene rings is 1. The Morgan fingerprint density at radius 3 is 2.58 bits per heavy atom. The molecule has 1 atom stereocenters. The summed E-state index contributed by atoms with van der Waals surface area (Å²) < 4.78 is 6.97. The van der Waals surface area contributed by atoms with E-state index in [1.54, 1.807) is 16.9 Å². The normalized spacial score (nSPS) is 11.9. The average molecular weight is 322 g/mol. The smallest absolute Gasteiger partial charge is 0.259 e. The van der Waals surface area contributed by atoms with Gasteiger partial charge in [0.15, 0.2) is 11.9 Å². The van der Waals surface area contributed by atoms with Gasteiger partial charge in [0.1, 0.15) is 5.82 Å². The summed E-state index contributed by atoms with van der Waals surface area (Å²) in [5, 5.41) is 7.27. The number of carbonyl (C=O) groups excluding carboxylic acids is 1. The fourth-order valence-electron chi connectivity index (χ4n) is 2.46. The number of amides is 1. The van der Waals surface area contributed by atoms with Crippen LogP contribution in [0.2, 0.25) is 0 Å². The van der Waals surface area contributed by atoms with E-state index in [1.807, 2.05) is 55.5 Å². The third-order valence-electron chi connectivity index (χ3n) is 3.53. The van der Waals surface area contributed by atoms with E-state index < -0.39 is 6.10 Å². The molecule has 0 spiro atoms. The molecule has 0 fully saturated rings. The number of rotatable bonds is 5. The molecule has 6 heteroatoms. The van der Waals surface area contributed by atoms with Crippen molar-refractivity contribution >= 4 is 11.7 Å². The van der Waals surface area contributed by atoms with Gasteiger partial charge >= 0.3 is 0 Å². The largest absolute Gasteiger partial charge is 0.367 e. The van der Waals surface area contributed by atoms with Crippen LogP contribution in [0.25, 0.3) is 5.82 Å². The van der Waals surface area contributed by atoms with Crippen LogP contribution < -0.4 is 5.32 Å². The first-order valence-electron chi connectivity index (χ1n) is 7.55. The van der Waals surface area contributed by atoms with Gasteiger partial charge in [-0.05, 0) is 24.6 Å². The number of anilines is 1. The predicted molar refractivity (Wildman–Crippen MR) is 90.9 cm³/mol. The topological polar surface area (TPSA) is 69.0 Å². The molecule has 3 rings (SSSR count). The molecule has 2 aromatic heterocycles. The third-order valence-corrected chi connectivity index (χ3v) is 3.53. The zero-order chi connectivity index (χ0) is 16.9. The van der Waals surface area contributed by atoms with E-state index in [9.17, 15) is 4.79 Å². The quantitative estimate of drug-likeness (QED) is 0.784. The molecule has 122 valence electrons. The Morgan fingerprint density at radius 2 is 1.92 bits per heavy atom. The van der Waals surface area contributed by atoms with E-state index in [2.05, 4.69) is 15.4 Å². The van der Waals surface area contributed by atoms with Gasteiger partial charge in [0, 0.05) is 19.4 Å². The third kappa shape index (κ3) is 3.33. The minimum Gasteiger partial charge on any atom is -0.367 e. The van der Waals surface area contributed by atoms with Crippen molar-refractivity contribution in [3.63, 3.8) is 0 Å². The summed E-state index contributed by atoms with van der Waals surface area (Å²) in [6.07, 6.45) is 0.985. The Bertz CT molecular complexity index is 816. The van der Waals surface area contributed by atoms with Crippen molar-refractivity contribution in [3.8, 4) is 5.82 Å². The summed E-state index contributed by atoms with van der Waals surface area (Å²) >= 11 is 0. The Balaban J connectivity index is 1.87. The van der Waals surface area contributed by atoms with Gasteiger partial charge < -0.3 is 10.1 Å². The maximum atomic E-state index is 12.6. The van der Waals surface area contributed by atoms with Gasteiger partial charge in [0.05, 0.1) is 5.69 Å². The van der Waals surface area contributed by atoms with Crippen molar-refractivity contribution in [1.82, 2.24) is 14.8 Å². The molecule has 0 saturated carbocycles. The SMILES string of the molecule is COC(C(=O)Nc1cc(C)nn1-c1ccccn1)c1ccccc1. The first-order chi connectivity index (χ1) is 11.7. The van der Waals surface area contributed by atoms with E-state index in [-0.39, 0.29) is 5.91 Å². The Kier molecular flexibility index (Phi) is 4.67. The molecule has 1 N–H and O–H groups in total. The monoisotopic (exact) mass is 322 g/mol. The van der Waals surface area contributed by atoms with Gasteiger partial charge in [-0.1, -0.05) is 36.4 Å². The van der Waals surface area contributed by atoms with Crippen molar-refractivity contribution in [2.24, 2.45) is 0 Å². The maximum Gasteiger partial charge on any atom is 0.259 e. The first kappa shape index (κ1) is 15.9. The molecule has 0 radical (unpaired) electrons. The lowest BCUT2D eigenvalue weighted by molar-refractivity contribution is -0.126. The highest BCUT2D eigenvalue weighted by Gasteiger charge is 2.22. The molecule has 0 aliphatic heterocycles. The number of methoxy groups -OCH3 is 1. The fourth-order valence-corrected chi connectivity index (χ4v) is 2.46. The number of pyridine rings is 1. The van der Waals surface area contributed by atoms with Crippen LogP contribution in [0.3, 0.4) is 0 Å². The minimum absolute atomic E-state index is 0.263. The second kappa shape index (κ2) is 7.06. The minimum atomic E-state index is -0.696. The standard InChI is InChI=1S/C18H18N4O2/c1-13-12-16(22(21-13)15-10-6-7-11-19-15)20-18(23)17(24-2)14-8-4-3-5-9-14/h3-12,17H,1-2H3,(H,20,23). The Labute approximate surface area is 140 Å². The zero-order valence-corrected chi connectivity index (χ0v) is 13.5. The van der Waals surface area contributed by atoms with Crippen LogP contribution in [0.15, 0.2) is 60.8 Å². The molecular formula is C18H18N4O2. The highest BCUT2D eigenvalue weighted by molar-refractivity contribution is 5.94. The predicted octanol–water partition coefficient (Wildman–Crippen LogP) is 2.90. The maximum absolute atomic E-state index is 12.6. The molecule has 3 aromatic rings. The molecular weight excluding hydrogens is 304 g/mol. The molecule has 1 unspecified atom stereocenters. The highest BCUT2D eigenvalue weighted by Crippen LogP contribution is 2.21. The summed E-state index contributed by atoms with van der Waals surface area (Å²) in [7, 11) is 1.51. The van der Waals surface area contributed by atoms with Gasteiger partial charge in [-0.25, -0.2) is 4.98 Å². The summed E-state index contributed by atoms with van der Waals surface area (Å²) in [6, 6.07) is 16.7. The number of nitrogens with zero attached hydrogens (tertiary/aromatic N) is 3. The summed E-state index contributed by atoms with van der Waals surface area (Å²) in [5.74, 6) is 0.921. The summed E-state index contributed by atoms with van der Waals surface area (Å²) in [6.45, 7) is 1.86. The molecule has 0 bridgehead atoms. The molecule has 6 nitrogen and oxygen atoms in total. The van der Waals surface area contributed by atoms with Gasteiger partial charge in [-0.15, -0.1) is 0 Å². The number of aromatic nitrogens is 3. The van der Waals surface area contributed by atoms with Crippen LogP contribution in [0.5, 0.6) is 0 Å². The van der Waals surface area contributed by atoms with Gasteiger partial charge in [-0.3, -0.25) is 4.79 Å². The highest BCUT2D eigenvalue weighted by atomic mass is 16.5. The fraction of sp³-hybridized carbons (Fsp3) is 0.167. The molecule has 24 heavy (non-hydrogen) atoms. The molecule has 1 aromatic carbocycles. The van der Waals surface area contributed by atoms with Crippen LogP contribution in [0, 0.1) is 6.92 Å². The van der Waals surface area contributed by atoms with E-state index in [0.29, 0.717) is 11.6 Å². The van der Waals surface area contributed by atoms with Crippen LogP contribution in [0.1, 0.15) is 17.4 Å². The number of nitrogens with one attached hydrogen (secondary N) is 1. The van der Waals surface area contributed by atoms with Crippen LogP contribution in [-0.2, 0) is 9.53 Å². The number of carbonyl (C=O) groups is 1. The average Bonchev–Trinajstić information content (AvgIpc) is 2.97. The molecule has 2 heterocycles. The number of hydrogen-bond acceptors (Lipinski definition) is 4. The van der Waals surface area contributed by atoms with Crippen LogP contribution in [-0.4, -0.2) is 27.8 Å². The van der Waals surface area contributed by atoms with Crippen molar-refractivity contribution in [3.05, 3.63) is 72.1 Å². The van der Waals surface area contributed by atoms with E-state index in [4.69, 9.17) is 4.74 Å². The van der Waals surface area contributed by atoms with Crippen LogP contribution in [0.4, 0.5) is 5.82 Å². The van der Waals surface area contributed by atoms with E-state index >= 15 is 0 Å². The lowest BCUT2D eigenvalue weighted by atomic mass is 10.1. The van der Waals surface area contributed by atoms with Gasteiger partial charge in [-0.2, -0.15) is 9.78 Å². The van der Waals surface area contributed by atoms with E-state index in [0.717, 1.165) is 11.3 Å². The van der Waals surface area contributed by atoms with Gasteiger partial charge in [0.2, 0.25) is 0 Å². The molecule has 0 saturated heterocycles. The lowest BCUT2D eigenvalue weighted by Gasteiger charge is -2.16. The summed E-state index contributed by atoms with van der Waals surface area (Å²) in [4.78, 5) is 16.9. The van der Waals surface area contributed by atoms with Crippen molar-refractivity contribution in [1.29, 1.82) is 0 Å². The molecule has 0 aliphatic carbocycles. The first-order valence-corrected chi connectivity index (χ1v) is 7.55. The Hall–Kier alpha value is -2.99. The van der Waals surface area contributed by atoms with Crippen molar-refractivity contribution in [2.45, 2.75) is 13.0 Å². The number of hydrogen-bond donors (Lipinski definition) is 1. The number of ether oxygens (including phenoxy) is 1. The van der Waals surface area contributed by atoms with Crippen LogP contribution >= 0.6 is 0 Å². The second-order valence-electron chi connectivity index (χ2n) is 5.29. The van der Waals surface area contributed by atoms with E-state index in [1.165, 1.54) is 7.11 Å². The van der Waals surface area contributed by atoms with Gasteiger partial charge in [0.25, 0.3) is 5.91 Å². The molecule has 0 aliphatic rings. The number of aryl methyl sites for hydroxylation is 1. The van der Waals surface area contributed by atoms with Crippen molar-refractivity contribution < 1.29 is 9.53 Å². The zero-order valence-electron chi connectivity index (χ0n) is 13.5. The Morgan fingerprint density at radius 1 is 1.17 bits per heavy atom. The lowest BCUT2D eigenvalue weighted by Crippen LogP contribution is -2.24. The van der Waals surface area contributed by atoms with Crippen molar-refractivity contribution in [2.75, 3.05) is 12.4 Å². The summed E-state index contributed by atoms with van der Waals surface area (Å²) in [5.41, 5.74) is 1.57.